The molecule has 20 heavy (non-hydrogen) atoms. The summed E-state index contributed by atoms with van der Waals surface area (Å²) in [5, 5.41) is 10.7. The SMILES string of the molecule is CS(=O)(=O)c1nccn1Cc1ccc([N+](=O)[O-])cc1Cl. The summed E-state index contributed by atoms with van der Waals surface area (Å²) in [4.78, 5) is 13.9. The topological polar surface area (TPSA) is 95.1 Å². The molecule has 1 aromatic heterocycles. The Labute approximate surface area is 119 Å². The summed E-state index contributed by atoms with van der Waals surface area (Å²) in [6.07, 6.45) is 3.94. The number of benzene rings is 1. The van der Waals surface area contributed by atoms with Gasteiger partial charge in [0, 0.05) is 30.8 Å². The smallest absolute Gasteiger partial charge is 0.270 e. The summed E-state index contributed by atoms with van der Waals surface area (Å²) in [5.41, 5.74) is 0.452. The third kappa shape index (κ3) is 2.97. The minimum absolute atomic E-state index is 0.0769. The van der Waals surface area contributed by atoms with E-state index in [-0.39, 0.29) is 22.4 Å². The minimum Gasteiger partial charge on any atom is -0.317 e. The van der Waals surface area contributed by atoms with E-state index in [2.05, 4.69) is 4.98 Å². The molecule has 1 heterocycles. The monoisotopic (exact) mass is 315 g/mol. The lowest BCUT2D eigenvalue weighted by Gasteiger charge is -2.08. The number of sulfone groups is 1. The molecule has 2 rings (SSSR count). The summed E-state index contributed by atoms with van der Waals surface area (Å²) in [7, 11) is -3.44. The molecule has 9 heteroatoms. The quantitative estimate of drug-likeness (QED) is 0.634. The van der Waals surface area contributed by atoms with Crippen molar-refractivity contribution in [3.05, 3.63) is 51.3 Å². The highest BCUT2D eigenvalue weighted by atomic mass is 35.5. The molecule has 0 aliphatic rings. The van der Waals surface area contributed by atoms with Gasteiger partial charge in [-0.05, 0) is 11.6 Å². The number of rotatable bonds is 4. The van der Waals surface area contributed by atoms with E-state index in [0.29, 0.717) is 5.56 Å². The Hall–Kier alpha value is -1.93. The van der Waals surface area contributed by atoms with E-state index < -0.39 is 14.8 Å². The number of aromatic nitrogens is 2. The van der Waals surface area contributed by atoms with Crippen LogP contribution in [0.4, 0.5) is 5.69 Å². The number of hydrogen-bond donors (Lipinski definition) is 0. The minimum atomic E-state index is -3.44. The zero-order valence-corrected chi connectivity index (χ0v) is 11.9. The molecule has 2 aromatic rings. The van der Waals surface area contributed by atoms with Crippen molar-refractivity contribution in [1.29, 1.82) is 0 Å². The molecule has 0 radical (unpaired) electrons. The van der Waals surface area contributed by atoms with Gasteiger partial charge in [0.25, 0.3) is 5.69 Å². The van der Waals surface area contributed by atoms with Crippen molar-refractivity contribution in [3.63, 3.8) is 0 Å². The van der Waals surface area contributed by atoms with Crippen LogP contribution in [0.2, 0.25) is 5.02 Å². The van der Waals surface area contributed by atoms with Crippen molar-refractivity contribution in [2.45, 2.75) is 11.7 Å². The van der Waals surface area contributed by atoms with Gasteiger partial charge < -0.3 is 4.57 Å². The Morgan fingerprint density at radius 2 is 2.15 bits per heavy atom. The highest BCUT2D eigenvalue weighted by Gasteiger charge is 2.16. The normalized spacial score (nSPS) is 11.5. The summed E-state index contributed by atoms with van der Waals surface area (Å²) in [5.74, 6) is 0. The zero-order chi connectivity index (χ0) is 14.9. The molecule has 0 fully saturated rings. The van der Waals surface area contributed by atoms with Crippen LogP contribution in [0.1, 0.15) is 5.56 Å². The van der Waals surface area contributed by atoms with Crippen LogP contribution >= 0.6 is 11.6 Å². The molecule has 106 valence electrons. The fourth-order valence-electron chi connectivity index (χ4n) is 1.71. The van der Waals surface area contributed by atoms with E-state index in [0.717, 1.165) is 6.26 Å². The van der Waals surface area contributed by atoms with Crippen molar-refractivity contribution in [2.75, 3.05) is 6.26 Å². The fraction of sp³-hybridized carbons (Fsp3) is 0.182. The van der Waals surface area contributed by atoms with Crippen LogP contribution in [0.15, 0.2) is 35.7 Å². The first-order valence-corrected chi connectivity index (χ1v) is 7.70. The van der Waals surface area contributed by atoms with E-state index in [1.54, 1.807) is 0 Å². The van der Waals surface area contributed by atoms with E-state index in [1.807, 2.05) is 0 Å². The molecular weight excluding hydrogens is 306 g/mol. The Kier molecular flexibility index (Phi) is 3.78. The lowest BCUT2D eigenvalue weighted by Crippen LogP contribution is -2.10. The molecule has 0 bridgehead atoms. The Balaban J connectivity index is 2.37. The van der Waals surface area contributed by atoms with Crippen LogP contribution in [0.3, 0.4) is 0 Å². The van der Waals surface area contributed by atoms with Gasteiger partial charge >= 0.3 is 0 Å². The van der Waals surface area contributed by atoms with E-state index in [9.17, 15) is 18.5 Å². The largest absolute Gasteiger partial charge is 0.317 e. The molecule has 0 atom stereocenters. The van der Waals surface area contributed by atoms with E-state index in [1.165, 1.54) is 35.2 Å². The van der Waals surface area contributed by atoms with Crippen LogP contribution in [0.5, 0.6) is 0 Å². The molecular formula is C11H10ClN3O4S. The third-order valence-electron chi connectivity index (χ3n) is 2.60. The number of nitro benzene ring substituents is 1. The number of halogens is 1. The predicted octanol–water partition coefficient (Wildman–Crippen LogP) is 1.90. The first-order chi connectivity index (χ1) is 9.29. The average molecular weight is 316 g/mol. The van der Waals surface area contributed by atoms with E-state index >= 15 is 0 Å². The van der Waals surface area contributed by atoms with Crippen molar-refractivity contribution < 1.29 is 13.3 Å². The van der Waals surface area contributed by atoms with Gasteiger partial charge in [-0.15, -0.1) is 0 Å². The van der Waals surface area contributed by atoms with Crippen molar-refractivity contribution in [1.82, 2.24) is 9.55 Å². The summed E-state index contributed by atoms with van der Waals surface area (Å²) in [6.45, 7) is 0.166. The van der Waals surface area contributed by atoms with Gasteiger partial charge in [-0.25, -0.2) is 13.4 Å². The predicted molar refractivity (Wildman–Crippen MR) is 72.5 cm³/mol. The number of nitrogens with zero attached hydrogens (tertiary/aromatic N) is 3. The van der Waals surface area contributed by atoms with Crippen LogP contribution in [0.25, 0.3) is 0 Å². The molecule has 0 aliphatic carbocycles. The molecule has 0 saturated carbocycles. The van der Waals surface area contributed by atoms with Gasteiger partial charge in [0.1, 0.15) is 0 Å². The van der Waals surface area contributed by atoms with Crippen molar-refractivity contribution in [2.24, 2.45) is 0 Å². The highest BCUT2D eigenvalue weighted by Crippen LogP contribution is 2.23. The first-order valence-electron chi connectivity index (χ1n) is 5.43. The molecule has 1 aromatic carbocycles. The number of nitro groups is 1. The van der Waals surface area contributed by atoms with Gasteiger partial charge in [0.05, 0.1) is 16.5 Å². The maximum Gasteiger partial charge on any atom is 0.270 e. The molecule has 0 amide bonds. The summed E-state index contributed by atoms with van der Waals surface area (Å²) < 4.78 is 24.5. The maximum absolute atomic E-state index is 11.5. The molecule has 0 saturated heterocycles. The lowest BCUT2D eigenvalue weighted by atomic mass is 10.2. The third-order valence-corrected chi connectivity index (χ3v) is 3.95. The van der Waals surface area contributed by atoms with Gasteiger partial charge in [0.15, 0.2) is 0 Å². The van der Waals surface area contributed by atoms with Gasteiger partial charge in [0.2, 0.25) is 15.0 Å². The van der Waals surface area contributed by atoms with Crippen molar-refractivity contribution >= 4 is 27.1 Å². The second kappa shape index (κ2) is 5.22. The van der Waals surface area contributed by atoms with Crippen molar-refractivity contribution in [3.8, 4) is 0 Å². The molecule has 0 aliphatic heterocycles. The Morgan fingerprint density at radius 1 is 1.45 bits per heavy atom. The molecule has 0 spiro atoms. The van der Waals surface area contributed by atoms with E-state index in [4.69, 9.17) is 11.6 Å². The maximum atomic E-state index is 11.5. The Morgan fingerprint density at radius 3 is 2.70 bits per heavy atom. The van der Waals surface area contributed by atoms with Gasteiger partial charge in [-0.1, -0.05) is 11.6 Å². The molecule has 0 unspecified atom stereocenters. The second-order valence-corrected chi connectivity index (χ2v) is 6.46. The van der Waals surface area contributed by atoms with Gasteiger partial charge in [-0.3, -0.25) is 10.1 Å². The Bertz CT molecular complexity index is 770. The lowest BCUT2D eigenvalue weighted by molar-refractivity contribution is -0.384. The molecule has 0 N–H and O–H groups in total. The average Bonchev–Trinajstić information content (AvgIpc) is 2.79. The van der Waals surface area contributed by atoms with Crippen LogP contribution in [-0.4, -0.2) is 29.1 Å². The number of non-ortho nitro benzene ring substituents is 1. The highest BCUT2D eigenvalue weighted by molar-refractivity contribution is 7.90. The van der Waals surface area contributed by atoms with Crippen LogP contribution in [-0.2, 0) is 16.4 Å². The summed E-state index contributed by atoms with van der Waals surface area (Å²) in [6, 6.07) is 4.04. The zero-order valence-electron chi connectivity index (χ0n) is 10.4. The summed E-state index contributed by atoms with van der Waals surface area (Å²) >= 11 is 5.97. The first kappa shape index (κ1) is 14.5. The second-order valence-electron chi connectivity index (χ2n) is 4.14. The van der Waals surface area contributed by atoms with Crippen LogP contribution in [0, 0.1) is 10.1 Å². The fourth-order valence-corrected chi connectivity index (χ4v) is 2.74. The number of hydrogen-bond acceptors (Lipinski definition) is 5. The van der Waals surface area contributed by atoms with Crippen LogP contribution < -0.4 is 0 Å². The van der Waals surface area contributed by atoms with Gasteiger partial charge in [-0.2, -0.15) is 0 Å². The molecule has 7 nitrogen and oxygen atoms in total. The standard InChI is InChI=1S/C11H10ClN3O4S/c1-20(18,19)11-13-4-5-14(11)7-8-2-3-9(15(16)17)6-10(8)12/h2-6H,7H2,1H3. The number of imidazole rings is 1.